The maximum absolute atomic E-state index is 12.9. The van der Waals surface area contributed by atoms with Crippen LogP contribution >= 0.6 is 0 Å². The number of pyridine rings is 1. The molecular formula is C8H9FN2O. The molecular weight excluding hydrogens is 159 g/mol. The lowest BCUT2D eigenvalue weighted by Crippen LogP contribution is -2.24. The third kappa shape index (κ3) is 1.58. The van der Waals surface area contributed by atoms with Gasteiger partial charge >= 0.3 is 0 Å². The predicted octanol–water partition coefficient (Wildman–Crippen LogP) is 1.20. The Morgan fingerprint density at radius 2 is 2.33 bits per heavy atom. The van der Waals surface area contributed by atoms with Crippen molar-refractivity contribution in [1.82, 2.24) is 4.98 Å². The average molecular weight is 168 g/mol. The van der Waals surface area contributed by atoms with Crippen LogP contribution < -0.4 is 4.90 Å². The first-order chi connectivity index (χ1) is 5.63. The van der Waals surface area contributed by atoms with Gasteiger partial charge in [0.25, 0.3) is 0 Å². The van der Waals surface area contributed by atoms with E-state index in [1.54, 1.807) is 0 Å². The van der Waals surface area contributed by atoms with Crippen molar-refractivity contribution in [3.05, 3.63) is 24.1 Å². The van der Waals surface area contributed by atoms with E-state index in [-0.39, 0.29) is 11.7 Å². The number of amides is 1. The van der Waals surface area contributed by atoms with Crippen LogP contribution in [-0.4, -0.2) is 17.9 Å². The molecule has 0 saturated carbocycles. The number of anilines is 1. The van der Waals surface area contributed by atoms with Crippen molar-refractivity contribution in [2.75, 3.05) is 11.9 Å². The van der Waals surface area contributed by atoms with Gasteiger partial charge in [-0.05, 0) is 12.1 Å². The quantitative estimate of drug-likeness (QED) is 0.631. The van der Waals surface area contributed by atoms with Gasteiger partial charge in [-0.15, -0.1) is 0 Å². The third-order valence-corrected chi connectivity index (χ3v) is 1.53. The van der Waals surface area contributed by atoms with E-state index < -0.39 is 5.82 Å². The molecule has 0 aliphatic heterocycles. The van der Waals surface area contributed by atoms with Gasteiger partial charge in [-0.3, -0.25) is 9.69 Å². The van der Waals surface area contributed by atoms with Crippen LogP contribution in [0.5, 0.6) is 0 Å². The maximum atomic E-state index is 12.9. The molecule has 0 fully saturated rings. The molecule has 0 aliphatic rings. The maximum Gasteiger partial charge on any atom is 0.224 e. The molecule has 1 heterocycles. The minimum absolute atomic E-state index is 0.0602. The molecule has 0 saturated heterocycles. The Morgan fingerprint density at radius 3 is 2.83 bits per heavy atom. The van der Waals surface area contributed by atoms with Gasteiger partial charge in [-0.1, -0.05) is 0 Å². The van der Waals surface area contributed by atoms with Crippen LogP contribution in [0.3, 0.4) is 0 Å². The number of hydrogen-bond donors (Lipinski definition) is 0. The van der Waals surface area contributed by atoms with E-state index in [2.05, 4.69) is 4.98 Å². The molecule has 3 nitrogen and oxygen atoms in total. The minimum atomic E-state index is -0.491. The van der Waals surface area contributed by atoms with Crippen LogP contribution in [0.25, 0.3) is 0 Å². The number of carbonyl (C=O) groups excluding carboxylic acids is 1. The lowest BCUT2D eigenvalue weighted by atomic mass is 10.4. The van der Waals surface area contributed by atoms with Crippen LogP contribution in [0.4, 0.5) is 10.2 Å². The Labute approximate surface area is 69.8 Å². The minimum Gasteiger partial charge on any atom is -0.298 e. The Morgan fingerprint density at radius 1 is 1.67 bits per heavy atom. The van der Waals surface area contributed by atoms with E-state index in [0.29, 0.717) is 0 Å². The molecule has 1 aromatic heterocycles. The summed E-state index contributed by atoms with van der Waals surface area (Å²) in [5.41, 5.74) is 0. The van der Waals surface area contributed by atoms with Gasteiger partial charge < -0.3 is 0 Å². The highest BCUT2D eigenvalue weighted by molar-refractivity contribution is 5.89. The largest absolute Gasteiger partial charge is 0.298 e. The monoisotopic (exact) mass is 168 g/mol. The summed E-state index contributed by atoms with van der Waals surface area (Å²) < 4.78 is 12.9. The predicted molar refractivity (Wildman–Crippen MR) is 43.3 cm³/mol. The highest BCUT2D eigenvalue weighted by atomic mass is 19.1. The number of hydrogen-bond acceptors (Lipinski definition) is 2. The second kappa shape index (κ2) is 3.30. The molecule has 0 N–H and O–H groups in total. The van der Waals surface area contributed by atoms with E-state index in [1.807, 2.05) is 0 Å². The summed E-state index contributed by atoms with van der Waals surface area (Å²) in [4.78, 5) is 15.7. The van der Waals surface area contributed by atoms with E-state index >= 15 is 0 Å². The van der Waals surface area contributed by atoms with Crippen LogP contribution in [0.1, 0.15) is 6.92 Å². The zero-order chi connectivity index (χ0) is 9.14. The molecule has 1 rings (SSSR count). The van der Waals surface area contributed by atoms with E-state index in [4.69, 9.17) is 0 Å². The van der Waals surface area contributed by atoms with Crippen molar-refractivity contribution in [2.24, 2.45) is 0 Å². The third-order valence-electron chi connectivity index (χ3n) is 1.53. The second-order valence-corrected chi connectivity index (χ2v) is 2.39. The fourth-order valence-corrected chi connectivity index (χ4v) is 0.773. The summed E-state index contributed by atoms with van der Waals surface area (Å²) in [5.74, 6) is -0.673. The fraction of sp³-hybridized carbons (Fsp3) is 0.250. The molecule has 12 heavy (non-hydrogen) atoms. The van der Waals surface area contributed by atoms with Gasteiger partial charge in [-0.2, -0.15) is 0 Å². The second-order valence-electron chi connectivity index (χ2n) is 2.39. The number of rotatable bonds is 1. The molecule has 4 heteroatoms. The van der Waals surface area contributed by atoms with Crippen LogP contribution in [0.15, 0.2) is 18.3 Å². The van der Waals surface area contributed by atoms with Crippen molar-refractivity contribution < 1.29 is 9.18 Å². The molecule has 0 spiro atoms. The lowest BCUT2D eigenvalue weighted by molar-refractivity contribution is -0.116. The fourth-order valence-electron chi connectivity index (χ4n) is 0.773. The Hall–Kier alpha value is -1.45. The number of halogens is 1. The van der Waals surface area contributed by atoms with E-state index in [1.165, 1.54) is 32.3 Å². The SMILES string of the molecule is CC(=O)N(C)c1ncccc1F. The zero-order valence-corrected chi connectivity index (χ0v) is 6.91. The molecule has 1 amide bonds. The average Bonchev–Trinajstić information content (AvgIpc) is 2.04. The molecule has 0 bridgehead atoms. The molecule has 64 valence electrons. The Bertz CT molecular complexity index is 301. The normalized spacial score (nSPS) is 9.58. The van der Waals surface area contributed by atoms with Crippen molar-refractivity contribution in [1.29, 1.82) is 0 Å². The van der Waals surface area contributed by atoms with E-state index in [9.17, 15) is 9.18 Å². The van der Waals surface area contributed by atoms with Gasteiger partial charge in [0.1, 0.15) is 0 Å². The van der Waals surface area contributed by atoms with Gasteiger partial charge in [0.2, 0.25) is 5.91 Å². The molecule has 0 aromatic carbocycles. The molecule has 0 unspecified atom stereocenters. The smallest absolute Gasteiger partial charge is 0.224 e. The van der Waals surface area contributed by atoms with E-state index in [0.717, 1.165) is 4.90 Å². The van der Waals surface area contributed by atoms with Crippen LogP contribution in [0.2, 0.25) is 0 Å². The van der Waals surface area contributed by atoms with Crippen molar-refractivity contribution in [2.45, 2.75) is 6.92 Å². The molecule has 1 aromatic rings. The lowest BCUT2D eigenvalue weighted by Gasteiger charge is -2.13. The molecule has 0 aliphatic carbocycles. The first-order valence-electron chi connectivity index (χ1n) is 3.47. The summed E-state index contributed by atoms with van der Waals surface area (Å²) >= 11 is 0. The Balaban J connectivity index is 3.02. The summed E-state index contributed by atoms with van der Waals surface area (Å²) in [6, 6.07) is 2.74. The van der Waals surface area contributed by atoms with Gasteiger partial charge in [0.05, 0.1) is 0 Å². The standard InChI is InChI=1S/C8H9FN2O/c1-6(12)11(2)8-7(9)4-3-5-10-8/h3-5H,1-2H3. The molecule has 0 atom stereocenters. The van der Waals surface area contributed by atoms with Crippen LogP contribution in [-0.2, 0) is 4.79 Å². The van der Waals surface area contributed by atoms with Crippen molar-refractivity contribution in [3.8, 4) is 0 Å². The number of nitrogens with zero attached hydrogens (tertiary/aromatic N) is 2. The van der Waals surface area contributed by atoms with Gasteiger partial charge in [0.15, 0.2) is 11.6 Å². The van der Waals surface area contributed by atoms with Gasteiger partial charge in [0, 0.05) is 20.2 Å². The topological polar surface area (TPSA) is 33.2 Å². The van der Waals surface area contributed by atoms with Crippen molar-refractivity contribution in [3.63, 3.8) is 0 Å². The van der Waals surface area contributed by atoms with Gasteiger partial charge in [-0.25, -0.2) is 9.37 Å². The number of aromatic nitrogens is 1. The first-order valence-corrected chi connectivity index (χ1v) is 3.47. The highest BCUT2D eigenvalue weighted by Crippen LogP contribution is 2.12. The first kappa shape index (κ1) is 8.64. The summed E-state index contributed by atoms with van der Waals surface area (Å²) in [6.07, 6.45) is 1.44. The molecule has 0 radical (unpaired) electrons. The van der Waals surface area contributed by atoms with Crippen LogP contribution in [0, 0.1) is 5.82 Å². The summed E-state index contributed by atoms with van der Waals surface area (Å²) in [6.45, 7) is 1.36. The summed E-state index contributed by atoms with van der Waals surface area (Å²) in [5, 5.41) is 0. The Kier molecular flexibility index (Phi) is 2.38. The highest BCUT2D eigenvalue weighted by Gasteiger charge is 2.10. The number of carbonyl (C=O) groups is 1. The van der Waals surface area contributed by atoms with Crippen molar-refractivity contribution >= 4 is 11.7 Å². The summed E-state index contributed by atoms with van der Waals surface area (Å²) in [7, 11) is 1.48. The zero-order valence-electron chi connectivity index (χ0n) is 6.91.